The maximum absolute atomic E-state index is 12.6. The van der Waals surface area contributed by atoms with E-state index in [4.69, 9.17) is 4.74 Å². The Kier molecular flexibility index (Phi) is 5.33. The summed E-state index contributed by atoms with van der Waals surface area (Å²) in [5.41, 5.74) is -0.115. The van der Waals surface area contributed by atoms with Crippen LogP contribution in [0.1, 0.15) is 37.7 Å². The Bertz CT molecular complexity index is 594. The highest BCUT2D eigenvalue weighted by Crippen LogP contribution is 2.18. The highest BCUT2D eigenvalue weighted by atomic mass is 79.9. The van der Waals surface area contributed by atoms with Gasteiger partial charge in [0, 0.05) is 39.4 Å². The number of hydrogen-bond donors (Lipinski definition) is 0. The van der Waals surface area contributed by atoms with Gasteiger partial charge in [-0.2, -0.15) is 5.10 Å². The minimum atomic E-state index is -0.516. The van der Waals surface area contributed by atoms with Gasteiger partial charge >= 0.3 is 6.09 Å². The molecular formula is C15H23BrN4O3. The lowest BCUT2D eigenvalue weighted by atomic mass is 10.2. The number of carbonyl (C=O) groups is 2. The predicted molar refractivity (Wildman–Crippen MR) is 89.2 cm³/mol. The van der Waals surface area contributed by atoms with Crippen molar-refractivity contribution in [3.8, 4) is 0 Å². The van der Waals surface area contributed by atoms with Crippen LogP contribution in [0.15, 0.2) is 10.7 Å². The van der Waals surface area contributed by atoms with E-state index < -0.39 is 5.60 Å². The molecule has 1 aliphatic heterocycles. The van der Waals surface area contributed by atoms with Crippen LogP contribution in [0.2, 0.25) is 0 Å². The maximum atomic E-state index is 12.6. The highest BCUT2D eigenvalue weighted by Gasteiger charge is 2.27. The second-order valence-corrected chi connectivity index (χ2v) is 7.47. The van der Waals surface area contributed by atoms with E-state index in [9.17, 15) is 9.59 Å². The van der Waals surface area contributed by atoms with E-state index >= 15 is 0 Å². The van der Waals surface area contributed by atoms with Gasteiger partial charge in [0.15, 0.2) is 5.69 Å². The summed E-state index contributed by atoms with van der Waals surface area (Å²) < 4.78 is 7.67. The zero-order valence-corrected chi connectivity index (χ0v) is 15.6. The molecule has 0 bridgehead atoms. The lowest BCUT2D eigenvalue weighted by Crippen LogP contribution is -2.40. The lowest BCUT2D eigenvalue weighted by Gasteiger charge is -2.26. The number of halogens is 1. The number of hydrogen-bond acceptors (Lipinski definition) is 4. The molecule has 1 aromatic heterocycles. The summed E-state index contributed by atoms with van der Waals surface area (Å²) in [4.78, 5) is 28.1. The molecule has 2 amide bonds. The highest BCUT2D eigenvalue weighted by molar-refractivity contribution is 9.10. The van der Waals surface area contributed by atoms with Crippen LogP contribution in [0, 0.1) is 0 Å². The number of amides is 2. The van der Waals surface area contributed by atoms with Gasteiger partial charge in [-0.05, 0) is 43.1 Å². The Morgan fingerprint density at radius 1 is 1.17 bits per heavy atom. The molecule has 23 heavy (non-hydrogen) atoms. The van der Waals surface area contributed by atoms with Crippen LogP contribution in [0.5, 0.6) is 0 Å². The Morgan fingerprint density at radius 3 is 2.35 bits per heavy atom. The first-order valence-corrected chi connectivity index (χ1v) is 8.43. The maximum Gasteiger partial charge on any atom is 0.410 e. The Labute approximate surface area is 144 Å². The first-order valence-electron chi connectivity index (χ1n) is 7.64. The quantitative estimate of drug-likeness (QED) is 0.742. The van der Waals surface area contributed by atoms with E-state index in [1.807, 2.05) is 20.8 Å². The summed E-state index contributed by atoms with van der Waals surface area (Å²) in [5.74, 6) is -0.122. The molecule has 8 heteroatoms. The average Bonchev–Trinajstić information content (AvgIpc) is 2.64. The summed E-state index contributed by atoms with van der Waals surface area (Å²) in [7, 11) is 1.77. The number of aryl methyl sites for hydroxylation is 1. The molecule has 2 rings (SSSR count). The van der Waals surface area contributed by atoms with Crippen molar-refractivity contribution in [1.82, 2.24) is 19.6 Å². The Morgan fingerprint density at radius 2 is 1.78 bits per heavy atom. The zero-order chi connectivity index (χ0) is 17.2. The normalized spacial score (nSPS) is 16.2. The summed E-state index contributed by atoms with van der Waals surface area (Å²) in [6, 6.07) is 0. The fourth-order valence-corrected chi connectivity index (χ4v) is 2.93. The van der Waals surface area contributed by atoms with Gasteiger partial charge in [0.05, 0.1) is 4.47 Å². The summed E-state index contributed by atoms with van der Waals surface area (Å²) in [6.07, 6.45) is 2.14. The van der Waals surface area contributed by atoms with Crippen LogP contribution in [0.4, 0.5) is 4.79 Å². The molecule has 2 heterocycles. The SMILES string of the molecule is Cn1cc(Br)c(C(=O)N2CCCN(C(=O)OC(C)(C)C)CC2)n1. The topological polar surface area (TPSA) is 67.7 Å². The minimum Gasteiger partial charge on any atom is -0.444 e. The van der Waals surface area contributed by atoms with E-state index in [0.717, 1.165) is 6.42 Å². The molecular weight excluding hydrogens is 364 g/mol. The molecule has 1 aliphatic rings. The largest absolute Gasteiger partial charge is 0.444 e. The summed E-state index contributed by atoms with van der Waals surface area (Å²) >= 11 is 3.36. The molecule has 7 nitrogen and oxygen atoms in total. The summed E-state index contributed by atoms with van der Waals surface area (Å²) in [5, 5.41) is 4.19. The van der Waals surface area contributed by atoms with E-state index in [1.54, 1.807) is 27.7 Å². The van der Waals surface area contributed by atoms with Gasteiger partial charge in [0.1, 0.15) is 5.60 Å². The van der Waals surface area contributed by atoms with Crippen molar-refractivity contribution in [3.05, 3.63) is 16.4 Å². The third-order valence-electron chi connectivity index (χ3n) is 3.42. The van der Waals surface area contributed by atoms with Crippen molar-refractivity contribution in [2.75, 3.05) is 26.2 Å². The van der Waals surface area contributed by atoms with E-state index in [2.05, 4.69) is 21.0 Å². The van der Waals surface area contributed by atoms with Gasteiger partial charge in [-0.15, -0.1) is 0 Å². The van der Waals surface area contributed by atoms with Crippen molar-refractivity contribution in [3.63, 3.8) is 0 Å². The third kappa shape index (κ3) is 4.70. The lowest BCUT2D eigenvalue weighted by molar-refractivity contribution is 0.0255. The third-order valence-corrected chi connectivity index (χ3v) is 4.00. The van der Waals surface area contributed by atoms with Crippen LogP contribution in [0.3, 0.4) is 0 Å². The molecule has 0 saturated carbocycles. The van der Waals surface area contributed by atoms with Crippen LogP contribution < -0.4 is 0 Å². The second-order valence-electron chi connectivity index (χ2n) is 6.61. The Hall–Kier alpha value is -1.57. The van der Waals surface area contributed by atoms with Gasteiger partial charge in [-0.25, -0.2) is 4.79 Å². The fraction of sp³-hybridized carbons (Fsp3) is 0.667. The molecule has 0 N–H and O–H groups in total. The van der Waals surface area contributed by atoms with E-state index in [-0.39, 0.29) is 12.0 Å². The molecule has 1 fully saturated rings. The Balaban J connectivity index is 2.00. The van der Waals surface area contributed by atoms with Gasteiger partial charge in [-0.3, -0.25) is 9.48 Å². The van der Waals surface area contributed by atoms with Gasteiger partial charge in [0.25, 0.3) is 5.91 Å². The monoisotopic (exact) mass is 386 g/mol. The van der Waals surface area contributed by atoms with Crippen molar-refractivity contribution in [2.45, 2.75) is 32.8 Å². The minimum absolute atomic E-state index is 0.122. The first kappa shape index (κ1) is 17.8. The van der Waals surface area contributed by atoms with Gasteiger partial charge < -0.3 is 14.5 Å². The van der Waals surface area contributed by atoms with Crippen LogP contribution in [-0.4, -0.2) is 63.4 Å². The molecule has 0 radical (unpaired) electrons. The van der Waals surface area contributed by atoms with Crippen LogP contribution >= 0.6 is 15.9 Å². The van der Waals surface area contributed by atoms with E-state index in [0.29, 0.717) is 36.3 Å². The average molecular weight is 387 g/mol. The molecule has 128 valence electrons. The number of nitrogens with zero attached hydrogens (tertiary/aromatic N) is 4. The molecule has 0 spiro atoms. The molecule has 0 aliphatic carbocycles. The van der Waals surface area contributed by atoms with Gasteiger partial charge in [-0.1, -0.05) is 0 Å². The molecule has 1 aromatic rings. The van der Waals surface area contributed by atoms with E-state index in [1.165, 1.54) is 0 Å². The number of aromatic nitrogens is 2. The predicted octanol–water partition coefficient (Wildman–Crippen LogP) is 2.27. The molecule has 0 aromatic carbocycles. The number of rotatable bonds is 1. The summed E-state index contributed by atoms with van der Waals surface area (Å²) in [6.45, 7) is 7.65. The smallest absolute Gasteiger partial charge is 0.410 e. The van der Waals surface area contributed by atoms with Crippen molar-refractivity contribution in [1.29, 1.82) is 0 Å². The van der Waals surface area contributed by atoms with Crippen molar-refractivity contribution in [2.24, 2.45) is 7.05 Å². The number of carbonyl (C=O) groups excluding carboxylic acids is 2. The van der Waals surface area contributed by atoms with Crippen LogP contribution in [0.25, 0.3) is 0 Å². The fourth-order valence-electron chi connectivity index (χ4n) is 2.38. The molecule has 1 saturated heterocycles. The number of ether oxygens (including phenoxy) is 1. The molecule has 0 unspecified atom stereocenters. The first-order chi connectivity index (χ1) is 10.7. The zero-order valence-electron chi connectivity index (χ0n) is 14.0. The molecule has 0 atom stereocenters. The van der Waals surface area contributed by atoms with Crippen molar-refractivity contribution < 1.29 is 14.3 Å². The van der Waals surface area contributed by atoms with Crippen LogP contribution in [-0.2, 0) is 11.8 Å². The van der Waals surface area contributed by atoms with Gasteiger partial charge in [0.2, 0.25) is 0 Å². The second kappa shape index (κ2) is 6.90. The van der Waals surface area contributed by atoms with Crippen molar-refractivity contribution >= 4 is 27.9 Å². The standard InChI is InChI=1S/C15H23BrN4O3/c1-15(2,3)23-14(22)20-7-5-6-19(8-9-20)13(21)12-11(16)10-18(4)17-12/h10H,5-9H2,1-4H3.